The smallest absolute Gasteiger partial charge is 0.243 e. The Kier molecular flexibility index (Phi) is 5.33. The first-order valence-electron chi connectivity index (χ1n) is 9.51. The third kappa shape index (κ3) is 4.15. The van der Waals surface area contributed by atoms with Crippen molar-refractivity contribution >= 4 is 10.0 Å². The molecule has 29 heavy (non-hydrogen) atoms. The van der Waals surface area contributed by atoms with Crippen LogP contribution in [0.2, 0.25) is 0 Å². The Bertz CT molecular complexity index is 1070. The van der Waals surface area contributed by atoms with Crippen LogP contribution in [0.4, 0.5) is 0 Å². The third-order valence-electron chi connectivity index (χ3n) is 5.17. The Balaban J connectivity index is 1.37. The summed E-state index contributed by atoms with van der Waals surface area (Å²) in [6, 6.07) is 10.6. The molecule has 1 aliphatic rings. The number of piperidine rings is 1. The highest BCUT2D eigenvalue weighted by Gasteiger charge is 2.30. The lowest BCUT2D eigenvalue weighted by Gasteiger charge is -2.31. The molecule has 3 aromatic rings. The molecule has 0 saturated carbocycles. The summed E-state index contributed by atoms with van der Waals surface area (Å²) in [6.45, 7) is 4.73. The van der Waals surface area contributed by atoms with Crippen molar-refractivity contribution in [3.05, 3.63) is 59.9 Å². The number of ether oxygens (including phenoxy) is 1. The average Bonchev–Trinajstić information content (AvgIpc) is 3.26. The monoisotopic (exact) mass is 413 g/mol. The number of hydrogen-bond acceptors (Lipinski definition) is 6. The molecule has 8 nitrogen and oxygen atoms in total. The van der Waals surface area contributed by atoms with Gasteiger partial charge in [-0.3, -0.25) is 0 Å². The molecule has 4 rings (SSSR count). The van der Waals surface area contributed by atoms with Crippen LogP contribution in [0.15, 0.2) is 53.7 Å². The van der Waals surface area contributed by atoms with E-state index in [9.17, 15) is 8.42 Å². The molecule has 0 N–H and O–H groups in total. The van der Waals surface area contributed by atoms with E-state index in [0.717, 1.165) is 11.1 Å². The molecule has 2 aromatic heterocycles. The topological polar surface area (TPSA) is 90.2 Å². The molecule has 0 spiro atoms. The molecule has 1 aromatic carbocycles. The highest BCUT2D eigenvalue weighted by Crippen LogP contribution is 2.24. The van der Waals surface area contributed by atoms with Gasteiger partial charge in [-0.2, -0.15) is 9.40 Å². The summed E-state index contributed by atoms with van der Waals surface area (Å²) < 4.78 is 34.9. The Hall–Kier alpha value is -2.78. The first-order valence-corrected chi connectivity index (χ1v) is 11.0. The zero-order chi connectivity index (χ0) is 20.4. The molecule has 0 aliphatic carbocycles. The maximum Gasteiger partial charge on any atom is 0.243 e. The van der Waals surface area contributed by atoms with Gasteiger partial charge in [0, 0.05) is 31.5 Å². The number of nitrogens with zero attached hydrogens (tertiary/aromatic N) is 5. The van der Waals surface area contributed by atoms with Gasteiger partial charge in [-0.15, -0.1) is 10.2 Å². The van der Waals surface area contributed by atoms with Crippen LogP contribution in [0.1, 0.15) is 24.0 Å². The van der Waals surface area contributed by atoms with E-state index in [1.54, 1.807) is 41.3 Å². The first kappa shape index (κ1) is 19.5. The van der Waals surface area contributed by atoms with Gasteiger partial charge in [0.15, 0.2) is 5.82 Å². The molecule has 152 valence electrons. The fourth-order valence-corrected chi connectivity index (χ4v) is 4.84. The van der Waals surface area contributed by atoms with E-state index < -0.39 is 10.0 Å². The SMILES string of the molecule is Cc1ccc(S(=O)(=O)N2CCC(Oc3ccc(-n4cccn4)nn3)CC2)cc1C. The predicted octanol–water partition coefficient (Wildman–Crippen LogP) is 2.51. The van der Waals surface area contributed by atoms with Crippen molar-refractivity contribution in [1.82, 2.24) is 24.3 Å². The maximum atomic E-state index is 12.9. The minimum Gasteiger partial charge on any atom is -0.473 e. The minimum absolute atomic E-state index is 0.0916. The normalized spacial score (nSPS) is 16.1. The van der Waals surface area contributed by atoms with Crippen molar-refractivity contribution in [3.8, 4) is 11.7 Å². The van der Waals surface area contributed by atoms with Crippen molar-refractivity contribution in [1.29, 1.82) is 0 Å². The summed E-state index contributed by atoms with van der Waals surface area (Å²) in [4.78, 5) is 0.347. The number of hydrogen-bond donors (Lipinski definition) is 0. The standard InChI is InChI=1S/C20H23N5O3S/c1-15-4-5-18(14-16(15)2)29(26,27)24-12-8-17(9-13-24)28-20-7-6-19(22-23-20)25-11-3-10-21-25/h3-7,10-11,14,17H,8-9,12-13H2,1-2H3. The van der Waals surface area contributed by atoms with Crippen molar-refractivity contribution in [2.45, 2.75) is 37.7 Å². The van der Waals surface area contributed by atoms with Gasteiger partial charge in [0.2, 0.25) is 15.9 Å². The number of sulfonamides is 1. The number of benzene rings is 1. The van der Waals surface area contributed by atoms with Gasteiger partial charge in [0.25, 0.3) is 0 Å². The van der Waals surface area contributed by atoms with E-state index in [1.165, 1.54) is 4.31 Å². The van der Waals surface area contributed by atoms with Gasteiger partial charge < -0.3 is 4.74 Å². The molecule has 1 aliphatic heterocycles. The largest absolute Gasteiger partial charge is 0.473 e. The Morgan fingerprint density at radius 1 is 1.03 bits per heavy atom. The molecule has 0 radical (unpaired) electrons. The zero-order valence-electron chi connectivity index (χ0n) is 16.4. The quantitative estimate of drug-likeness (QED) is 0.638. The van der Waals surface area contributed by atoms with E-state index >= 15 is 0 Å². The van der Waals surface area contributed by atoms with Crippen molar-refractivity contribution in [2.24, 2.45) is 0 Å². The van der Waals surface area contributed by atoms with Crippen LogP contribution >= 0.6 is 0 Å². The maximum absolute atomic E-state index is 12.9. The van der Waals surface area contributed by atoms with Crippen molar-refractivity contribution in [2.75, 3.05) is 13.1 Å². The Labute approximate surface area is 170 Å². The average molecular weight is 414 g/mol. The second kappa shape index (κ2) is 7.92. The fourth-order valence-electron chi connectivity index (χ4n) is 3.29. The van der Waals surface area contributed by atoms with E-state index in [4.69, 9.17) is 4.74 Å². The summed E-state index contributed by atoms with van der Waals surface area (Å²) in [5, 5.41) is 12.3. The minimum atomic E-state index is -3.49. The van der Waals surface area contributed by atoms with Gasteiger partial charge >= 0.3 is 0 Å². The molecule has 0 bridgehead atoms. The first-order chi connectivity index (χ1) is 13.9. The summed E-state index contributed by atoms with van der Waals surface area (Å²) in [5.74, 6) is 1.04. The molecule has 9 heteroatoms. The van der Waals surface area contributed by atoms with Gasteiger partial charge in [0.1, 0.15) is 6.10 Å². The molecule has 0 unspecified atom stereocenters. The van der Waals surface area contributed by atoms with Crippen LogP contribution in [0.25, 0.3) is 5.82 Å². The predicted molar refractivity (Wildman–Crippen MR) is 107 cm³/mol. The van der Waals surface area contributed by atoms with Crippen LogP contribution in [0.3, 0.4) is 0 Å². The van der Waals surface area contributed by atoms with Gasteiger partial charge in [-0.05, 0) is 62.1 Å². The molecule has 0 atom stereocenters. The summed E-state index contributed by atoms with van der Waals surface area (Å²) in [5.41, 5.74) is 2.05. The van der Waals surface area contributed by atoms with Crippen LogP contribution in [-0.2, 0) is 10.0 Å². The number of rotatable bonds is 5. The second-order valence-electron chi connectivity index (χ2n) is 7.15. The van der Waals surface area contributed by atoms with Gasteiger partial charge in [-0.25, -0.2) is 13.1 Å². The summed E-state index contributed by atoms with van der Waals surface area (Å²) in [7, 11) is -3.49. The van der Waals surface area contributed by atoms with E-state index in [-0.39, 0.29) is 6.10 Å². The number of aromatic nitrogens is 4. The summed E-state index contributed by atoms with van der Waals surface area (Å²) >= 11 is 0. The fraction of sp³-hybridized carbons (Fsp3) is 0.350. The zero-order valence-corrected chi connectivity index (χ0v) is 17.2. The number of aryl methyl sites for hydroxylation is 2. The van der Waals surface area contributed by atoms with Crippen LogP contribution in [-0.4, -0.2) is 51.9 Å². The Morgan fingerprint density at radius 2 is 1.83 bits per heavy atom. The van der Waals surface area contributed by atoms with Crippen LogP contribution in [0.5, 0.6) is 5.88 Å². The molecular formula is C20H23N5O3S. The second-order valence-corrected chi connectivity index (χ2v) is 9.09. The van der Waals surface area contributed by atoms with Crippen molar-refractivity contribution < 1.29 is 13.2 Å². The highest BCUT2D eigenvalue weighted by atomic mass is 32.2. The molecule has 3 heterocycles. The third-order valence-corrected chi connectivity index (χ3v) is 7.06. The molecular weight excluding hydrogens is 390 g/mol. The van der Waals surface area contributed by atoms with Crippen LogP contribution < -0.4 is 4.74 Å². The highest BCUT2D eigenvalue weighted by molar-refractivity contribution is 7.89. The van der Waals surface area contributed by atoms with Crippen LogP contribution in [0, 0.1) is 13.8 Å². The lowest BCUT2D eigenvalue weighted by Crippen LogP contribution is -2.41. The Morgan fingerprint density at radius 3 is 2.45 bits per heavy atom. The van der Waals surface area contributed by atoms with Crippen molar-refractivity contribution in [3.63, 3.8) is 0 Å². The van der Waals surface area contributed by atoms with E-state index in [1.807, 2.05) is 26.0 Å². The molecule has 1 saturated heterocycles. The van der Waals surface area contributed by atoms with Gasteiger partial charge in [-0.1, -0.05) is 6.07 Å². The van der Waals surface area contributed by atoms with E-state index in [2.05, 4.69) is 15.3 Å². The lowest BCUT2D eigenvalue weighted by atomic mass is 10.1. The molecule has 0 amide bonds. The molecule has 1 fully saturated rings. The van der Waals surface area contributed by atoms with Gasteiger partial charge in [0.05, 0.1) is 4.90 Å². The summed E-state index contributed by atoms with van der Waals surface area (Å²) in [6.07, 6.45) is 4.58. The lowest BCUT2D eigenvalue weighted by molar-refractivity contribution is 0.128. The van der Waals surface area contributed by atoms with E-state index in [0.29, 0.717) is 42.5 Å².